The van der Waals surface area contributed by atoms with Crippen molar-refractivity contribution in [3.63, 3.8) is 0 Å². The molecular weight excluding hydrogens is 394 g/mol. The SMILES string of the molecule is CC(C)CC(CC(C)C)OC(=O)NCCNCCNC(=O)OC(CC(C)C)CC(C)C. The summed E-state index contributed by atoms with van der Waals surface area (Å²) in [5, 5.41) is 8.76. The summed E-state index contributed by atoms with van der Waals surface area (Å²) in [5.74, 6) is 1.96. The van der Waals surface area contributed by atoms with Gasteiger partial charge in [-0.2, -0.15) is 0 Å². The van der Waals surface area contributed by atoms with Gasteiger partial charge in [-0.1, -0.05) is 55.4 Å². The molecule has 0 aliphatic heterocycles. The molecule has 0 aliphatic rings. The normalized spacial score (nSPS) is 11.8. The smallest absolute Gasteiger partial charge is 0.407 e. The topological polar surface area (TPSA) is 88.7 Å². The largest absolute Gasteiger partial charge is 0.446 e. The summed E-state index contributed by atoms with van der Waals surface area (Å²) in [5.41, 5.74) is 0. The van der Waals surface area contributed by atoms with Crippen LogP contribution < -0.4 is 16.0 Å². The minimum atomic E-state index is -0.365. The second kappa shape index (κ2) is 17.1. The van der Waals surface area contributed by atoms with Gasteiger partial charge in [-0.15, -0.1) is 0 Å². The van der Waals surface area contributed by atoms with Crippen LogP contribution in [0.1, 0.15) is 81.1 Å². The van der Waals surface area contributed by atoms with Crippen molar-refractivity contribution in [1.29, 1.82) is 0 Å². The second-order valence-corrected chi connectivity index (χ2v) is 10.2. The standard InChI is InChI=1S/C24H49N3O4/c1-17(2)13-21(14-18(3)4)30-23(28)26-11-9-25-10-12-27-24(29)31-22(15-19(5)6)16-20(7)8/h17-22,25H,9-16H2,1-8H3,(H,26,28)(H,27,29). The van der Waals surface area contributed by atoms with Gasteiger partial charge in [-0.05, 0) is 49.4 Å². The van der Waals surface area contributed by atoms with Crippen LogP contribution in [-0.4, -0.2) is 50.6 Å². The lowest BCUT2D eigenvalue weighted by atomic mass is 9.98. The molecule has 0 fully saturated rings. The van der Waals surface area contributed by atoms with Crippen LogP contribution in [0.15, 0.2) is 0 Å². The van der Waals surface area contributed by atoms with Crippen molar-refractivity contribution in [1.82, 2.24) is 16.0 Å². The van der Waals surface area contributed by atoms with Gasteiger partial charge in [0.2, 0.25) is 0 Å². The first-order chi connectivity index (χ1) is 14.5. The fourth-order valence-corrected chi connectivity index (χ4v) is 3.51. The molecule has 7 nitrogen and oxygen atoms in total. The number of rotatable bonds is 16. The summed E-state index contributed by atoms with van der Waals surface area (Å²) in [6.07, 6.45) is 2.69. The molecule has 2 amide bonds. The number of ether oxygens (including phenoxy) is 2. The lowest BCUT2D eigenvalue weighted by Crippen LogP contribution is -2.38. The molecule has 0 aliphatic carbocycles. The number of alkyl carbamates (subject to hydrolysis) is 2. The maximum Gasteiger partial charge on any atom is 0.407 e. The number of hydrogen-bond donors (Lipinski definition) is 3. The average molecular weight is 444 g/mol. The summed E-state index contributed by atoms with van der Waals surface area (Å²) < 4.78 is 11.1. The van der Waals surface area contributed by atoms with Gasteiger partial charge in [0.15, 0.2) is 0 Å². The van der Waals surface area contributed by atoms with E-state index in [4.69, 9.17) is 9.47 Å². The lowest BCUT2D eigenvalue weighted by Gasteiger charge is -2.22. The first-order valence-electron chi connectivity index (χ1n) is 12.1. The number of hydrogen-bond acceptors (Lipinski definition) is 5. The maximum atomic E-state index is 12.0. The molecule has 0 saturated heterocycles. The van der Waals surface area contributed by atoms with E-state index in [2.05, 4.69) is 71.3 Å². The number of amides is 2. The first-order valence-corrected chi connectivity index (χ1v) is 12.1. The van der Waals surface area contributed by atoms with Gasteiger partial charge in [0.25, 0.3) is 0 Å². The Kier molecular flexibility index (Phi) is 16.3. The molecule has 0 saturated carbocycles. The van der Waals surface area contributed by atoms with E-state index in [1.807, 2.05) is 0 Å². The minimum absolute atomic E-state index is 0.0432. The highest BCUT2D eigenvalue weighted by Crippen LogP contribution is 2.17. The number of nitrogens with one attached hydrogen (secondary N) is 3. The quantitative estimate of drug-likeness (QED) is 0.294. The Morgan fingerprint density at radius 2 is 0.839 bits per heavy atom. The van der Waals surface area contributed by atoms with Crippen LogP contribution in [0.4, 0.5) is 9.59 Å². The Morgan fingerprint density at radius 3 is 1.10 bits per heavy atom. The average Bonchev–Trinajstić information content (AvgIpc) is 2.58. The molecule has 0 aromatic rings. The van der Waals surface area contributed by atoms with Crippen LogP contribution in [0, 0.1) is 23.7 Å². The highest BCUT2D eigenvalue weighted by molar-refractivity contribution is 5.67. The molecule has 0 aromatic heterocycles. The Labute approximate surface area is 190 Å². The zero-order valence-corrected chi connectivity index (χ0v) is 21.3. The van der Waals surface area contributed by atoms with Gasteiger partial charge in [-0.25, -0.2) is 9.59 Å². The van der Waals surface area contributed by atoms with E-state index in [1.54, 1.807) is 0 Å². The highest BCUT2D eigenvalue weighted by atomic mass is 16.6. The summed E-state index contributed by atoms with van der Waals surface area (Å²) in [6, 6.07) is 0. The van der Waals surface area contributed by atoms with Crippen molar-refractivity contribution < 1.29 is 19.1 Å². The molecule has 184 valence electrons. The number of carbonyl (C=O) groups excluding carboxylic acids is 2. The molecule has 0 bridgehead atoms. The summed E-state index contributed by atoms with van der Waals surface area (Å²) in [7, 11) is 0. The van der Waals surface area contributed by atoms with E-state index in [0.717, 1.165) is 25.7 Å². The van der Waals surface area contributed by atoms with E-state index in [9.17, 15) is 9.59 Å². The van der Waals surface area contributed by atoms with Gasteiger partial charge < -0.3 is 25.4 Å². The Balaban J connectivity index is 3.95. The van der Waals surface area contributed by atoms with Crippen LogP contribution in [0.5, 0.6) is 0 Å². The molecule has 31 heavy (non-hydrogen) atoms. The van der Waals surface area contributed by atoms with E-state index in [-0.39, 0.29) is 24.4 Å². The van der Waals surface area contributed by atoms with E-state index >= 15 is 0 Å². The summed E-state index contributed by atoms with van der Waals surface area (Å²) in [4.78, 5) is 24.0. The van der Waals surface area contributed by atoms with Gasteiger partial charge in [0, 0.05) is 26.2 Å². The Bertz CT molecular complexity index is 419. The molecule has 3 N–H and O–H groups in total. The molecule has 0 radical (unpaired) electrons. The maximum absolute atomic E-state index is 12.0. The predicted molar refractivity (Wildman–Crippen MR) is 127 cm³/mol. The molecule has 0 spiro atoms. The third-order valence-corrected chi connectivity index (χ3v) is 4.63. The lowest BCUT2D eigenvalue weighted by molar-refractivity contribution is 0.0724. The van der Waals surface area contributed by atoms with Gasteiger partial charge >= 0.3 is 12.2 Å². The molecule has 0 atom stereocenters. The molecule has 0 rings (SSSR count). The van der Waals surface area contributed by atoms with Crippen molar-refractivity contribution in [3.05, 3.63) is 0 Å². The van der Waals surface area contributed by atoms with E-state index in [1.165, 1.54) is 0 Å². The van der Waals surface area contributed by atoms with Crippen molar-refractivity contribution in [2.75, 3.05) is 26.2 Å². The first kappa shape index (κ1) is 29.5. The fraction of sp³-hybridized carbons (Fsp3) is 0.917. The van der Waals surface area contributed by atoms with Crippen LogP contribution in [0.3, 0.4) is 0 Å². The molecular formula is C24H49N3O4. The van der Waals surface area contributed by atoms with Crippen molar-refractivity contribution >= 4 is 12.2 Å². The molecule has 0 aromatic carbocycles. The summed E-state index contributed by atoms with van der Waals surface area (Å²) >= 11 is 0. The Morgan fingerprint density at radius 1 is 0.548 bits per heavy atom. The molecule has 0 unspecified atom stereocenters. The Hall–Kier alpha value is -1.50. The third kappa shape index (κ3) is 18.9. The van der Waals surface area contributed by atoms with Gasteiger partial charge in [0.1, 0.15) is 12.2 Å². The van der Waals surface area contributed by atoms with Crippen LogP contribution in [0.2, 0.25) is 0 Å². The minimum Gasteiger partial charge on any atom is -0.446 e. The highest BCUT2D eigenvalue weighted by Gasteiger charge is 2.18. The van der Waals surface area contributed by atoms with Gasteiger partial charge in [-0.3, -0.25) is 0 Å². The number of carbonyl (C=O) groups is 2. The van der Waals surface area contributed by atoms with E-state index in [0.29, 0.717) is 49.9 Å². The zero-order valence-electron chi connectivity index (χ0n) is 21.3. The molecule has 7 heteroatoms. The molecule has 0 heterocycles. The van der Waals surface area contributed by atoms with Crippen molar-refractivity contribution in [3.8, 4) is 0 Å². The van der Waals surface area contributed by atoms with Gasteiger partial charge in [0.05, 0.1) is 0 Å². The van der Waals surface area contributed by atoms with Crippen LogP contribution >= 0.6 is 0 Å². The van der Waals surface area contributed by atoms with Crippen LogP contribution in [0.25, 0.3) is 0 Å². The van der Waals surface area contributed by atoms with Crippen molar-refractivity contribution in [2.45, 2.75) is 93.3 Å². The zero-order chi connectivity index (χ0) is 23.8. The summed E-state index contributed by atoms with van der Waals surface area (Å²) in [6.45, 7) is 19.3. The second-order valence-electron chi connectivity index (χ2n) is 10.2. The van der Waals surface area contributed by atoms with E-state index < -0.39 is 0 Å². The van der Waals surface area contributed by atoms with Crippen molar-refractivity contribution in [2.24, 2.45) is 23.7 Å². The monoisotopic (exact) mass is 443 g/mol. The fourth-order valence-electron chi connectivity index (χ4n) is 3.51. The predicted octanol–water partition coefficient (Wildman–Crippen LogP) is 4.95. The van der Waals surface area contributed by atoms with Crippen LogP contribution in [-0.2, 0) is 9.47 Å². The third-order valence-electron chi connectivity index (χ3n) is 4.63.